The van der Waals surface area contributed by atoms with Gasteiger partial charge in [-0.15, -0.1) is 0 Å². The minimum atomic E-state index is 1.18. The number of fused-ring (bicyclic) bond motifs is 5. The molecule has 2 nitrogen and oxygen atoms in total. The second-order valence-corrected chi connectivity index (χ2v) is 10.2. The maximum Gasteiger partial charge on any atom is 0.0548 e. The molecule has 0 amide bonds. The second-order valence-electron chi connectivity index (χ2n) is 10.2. The van der Waals surface area contributed by atoms with Crippen LogP contribution < -0.4 is 0 Å². The molecule has 0 unspecified atom stereocenters. The van der Waals surface area contributed by atoms with Crippen LogP contribution in [0.25, 0.3) is 76.4 Å². The van der Waals surface area contributed by atoms with Crippen LogP contribution in [-0.2, 0) is 0 Å². The molecule has 0 saturated carbocycles. The van der Waals surface area contributed by atoms with Crippen LogP contribution in [0.1, 0.15) is 0 Å². The van der Waals surface area contributed by atoms with E-state index in [1.165, 1.54) is 76.4 Å². The van der Waals surface area contributed by atoms with Crippen LogP contribution in [0.5, 0.6) is 0 Å². The molecule has 0 radical (unpaired) electrons. The summed E-state index contributed by atoms with van der Waals surface area (Å²) < 4.78 is 4.76. The first-order valence-electron chi connectivity index (χ1n) is 13.1. The fraction of sp³-hybridized carbons (Fsp3) is 0. The topological polar surface area (TPSA) is 9.86 Å². The van der Waals surface area contributed by atoms with Gasteiger partial charge >= 0.3 is 0 Å². The first-order chi connectivity index (χ1) is 18.9. The average Bonchev–Trinajstić information content (AvgIpc) is 3.56. The van der Waals surface area contributed by atoms with E-state index >= 15 is 0 Å². The molecule has 0 bridgehead atoms. The smallest absolute Gasteiger partial charge is 0.0548 e. The normalized spacial score (nSPS) is 12.2. The molecule has 0 N–H and O–H groups in total. The SMILES string of the molecule is c1ccc(-n2ccc3c4c5ccccc5n(-c5ccc6ccc7cccc8ccc5c6c78)c4ccc32)cc1. The third-order valence-corrected chi connectivity index (χ3v) is 8.29. The zero-order valence-corrected chi connectivity index (χ0v) is 20.6. The van der Waals surface area contributed by atoms with Gasteiger partial charge in [0, 0.05) is 33.4 Å². The van der Waals surface area contributed by atoms with Crippen molar-refractivity contribution >= 4 is 65.0 Å². The van der Waals surface area contributed by atoms with Crippen LogP contribution in [-0.4, -0.2) is 9.13 Å². The largest absolute Gasteiger partial charge is 0.317 e. The van der Waals surface area contributed by atoms with E-state index in [2.05, 4.69) is 143 Å². The molecule has 7 aromatic carbocycles. The van der Waals surface area contributed by atoms with Gasteiger partial charge < -0.3 is 9.13 Å². The zero-order valence-electron chi connectivity index (χ0n) is 20.6. The third kappa shape index (κ3) is 2.51. The number of para-hydroxylation sites is 2. The molecule has 0 saturated heterocycles. The van der Waals surface area contributed by atoms with Crippen LogP contribution in [0.2, 0.25) is 0 Å². The Hall–Kier alpha value is -5.08. The van der Waals surface area contributed by atoms with Crippen molar-refractivity contribution in [3.63, 3.8) is 0 Å². The Labute approximate surface area is 218 Å². The van der Waals surface area contributed by atoms with Crippen molar-refractivity contribution in [1.29, 1.82) is 0 Å². The standard InChI is InChI=1S/C36H22N2/c1-2-9-26(10-3-1)37-22-21-29-30(37)19-20-33-36(29)27-11-4-5-12-31(27)38(33)32-18-16-25-14-13-23-7-6-8-24-15-17-28(32)35(25)34(23)24/h1-22H. The summed E-state index contributed by atoms with van der Waals surface area (Å²) in [5.74, 6) is 0. The van der Waals surface area contributed by atoms with E-state index < -0.39 is 0 Å². The van der Waals surface area contributed by atoms with Crippen LogP contribution >= 0.6 is 0 Å². The quantitative estimate of drug-likeness (QED) is 0.217. The number of hydrogen-bond acceptors (Lipinski definition) is 0. The van der Waals surface area contributed by atoms with Gasteiger partial charge in [0.15, 0.2) is 0 Å². The first kappa shape index (κ1) is 20.0. The molecule has 0 spiro atoms. The van der Waals surface area contributed by atoms with Gasteiger partial charge in [-0.3, -0.25) is 0 Å². The summed E-state index contributed by atoms with van der Waals surface area (Å²) >= 11 is 0. The lowest BCUT2D eigenvalue weighted by Gasteiger charge is -2.16. The van der Waals surface area contributed by atoms with Gasteiger partial charge in [0.25, 0.3) is 0 Å². The van der Waals surface area contributed by atoms with Gasteiger partial charge in [0.2, 0.25) is 0 Å². The lowest BCUT2D eigenvalue weighted by atomic mass is 9.93. The molecule has 9 aromatic rings. The Morgan fingerprint density at radius 2 is 1.05 bits per heavy atom. The molecule has 2 aromatic heterocycles. The monoisotopic (exact) mass is 482 g/mol. The van der Waals surface area contributed by atoms with Crippen LogP contribution in [0, 0.1) is 0 Å². The number of aromatic nitrogens is 2. The Bertz CT molecular complexity index is 2320. The summed E-state index contributed by atoms with van der Waals surface area (Å²) in [5.41, 5.74) is 6.10. The predicted octanol–water partition coefficient (Wildman–Crippen LogP) is 9.62. The van der Waals surface area contributed by atoms with Gasteiger partial charge in [-0.25, -0.2) is 0 Å². The number of benzene rings is 7. The van der Waals surface area contributed by atoms with E-state index in [0.29, 0.717) is 0 Å². The highest BCUT2D eigenvalue weighted by atomic mass is 15.0. The molecule has 0 atom stereocenters. The average molecular weight is 483 g/mol. The van der Waals surface area contributed by atoms with E-state index in [1.807, 2.05) is 0 Å². The van der Waals surface area contributed by atoms with Gasteiger partial charge in [-0.2, -0.15) is 0 Å². The van der Waals surface area contributed by atoms with Crippen LogP contribution in [0.4, 0.5) is 0 Å². The molecule has 2 heterocycles. The first-order valence-corrected chi connectivity index (χ1v) is 13.1. The van der Waals surface area contributed by atoms with Crippen molar-refractivity contribution in [3.8, 4) is 11.4 Å². The molecule has 0 aliphatic carbocycles. The summed E-state index contributed by atoms with van der Waals surface area (Å²) in [5, 5.41) is 11.7. The van der Waals surface area contributed by atoms with E-state index in [1.54, 1.807) is 0 Å². The molecule has 2 heteroatoms. The molecule has 0 aliphatic heterocycles. The molecule has 0 fully saturated rings. The number of rotatable bonds is 2. The summed E-state index contributed by atoms with van der Waals surface area (Å²) in [6.45, 7) is 0. The molecule has 0 aliphatic rings. The molecular weight excluding hydrogens is 460 g/mol. The van der Waals surface area contributed by atoms with Crippen LogP contribution in [0.3, 0.4) is 0 Å². The Kier molecular flexibility index (Phi) is 3.82. The Morgan fingerprint density at radius 3 is 1.92 bits per heavy atom. The maximum absolute atomic E-state index is 2.47. The highest BCUT2D eigenvalue weighted by molar-refractivity contribution is 6.26. The summed E-state index contributed by atoms with van der Waals surface area (Å²) in [6, 6.07) is 46.6. The zero-order chi connectivity index (χ0) is 24.8. The highest BCUT2D eigenvalue weighted by Crippen LogP contribution is 2.42. The Balaban J connectivity index is 1.43. The van der Waals surface area contributed by atoms with E-state index in [-0.39, 0.29) is 0 Å². The van der Waals surface area contributed by atoms with Gasteiger partial charge in [0.1, 0.15) is 0 Å². The summed E-state index contributed by atoms with van der Waals surface area (Å²) in [7, 11) is 0. The molecule has 38 heavy (non-hydrogen) atoms. The number of hydrogen-bond donors (Lipinski definition) is 0. The van der Waals surface area contributed by atoms with Crippen molar-refractivity contribution in [1.82, 2.24) is 9.13 Å². The van der Waals surface area contributed by atoms with E-state index in [9.17, 15) is 0 Å². The van der Waals surface area contributed by atoms with Gasteiger partial charge in [-0.05, 0) is 69.4 Å². The lowest BCUT2D eigenvalue weighted by molar-refractivity contribution is 1.13. The fourth-order valence-corrected chi connectivity index (χ4v) is 6.67. The van der Waals surface area contributed by atoms with Crippen molar-refractivity contribution in [3.05, 3.63) is 134 Å². The molecule has 176 valence electrons. The lowest BCUT2D eigenvalue weighted by Crippen LogP contribution is -1.96. The summed E-state index contributed by atoms with van der Waals surface area (Å²) in [6.07, 6.45) is 2.20. The van der Waals surface area contributed by atoms with Crippen LogP contribution in [0.15, 0.2) is 134 Å². The van der Waals surface area contributed by atoms with E-state index in [4.69, 9.17) is 0 Å². The summed E-state index contributed by atoms with van der Waals surface area (Å²) in [4.78, 5) is 0. The molecule has 9 rings (SSSR count). The minimum absolute atomic E-state index is 1.18. The number of nitrogens with zero attached hydrogens (tertiary/aromatic N) is 2. The molecular formula is C36H22N2. The predicted molar refractivity (Wildman–Crippen MR) is 161 cm³/mol. The van der Waals surface area contributed by atoms with Crippen molar-refractivity contribution in [2.24, 2.45) is 0 Å². The van der Waals surface area contributed by atoms with Crippen molar-refractivity contribution in [2.45, 2.75) is 0 Å². The minimum Gasteiger partial charge on any atom is -0.317 e. The van der Waals surface area contributed by atoms with Gasteiger partial charge in [-0.1, -0.05) is 84.9 Å². The maximum atomic E-state index is 2.47. The third-order valence-electron chi connectivity index (χ3n) is 8.29. The van der Waals surface area contributed by atoms with Gasteiger partial charge in [0.05, 0.1) is 22.2 Å². The second kappa shape index (κ2) is 7.24. The highest BCUT2D eigenvalue weighted by Gasteiger charge is 2.19. The fourth-order valence-electron chi connectivity index (χ4n) is 6.67. The van der Waals surface area contributed by atoms with Crippen molar-refractivity contribution < 1.29 is 0 Å². The Morgan fingerprint density at radius 1 is 0.368 bits per heavy atom. The van der Waals surface area contributed by atoms with Crippen molar-refractivity contribution in [2.75, 3.05) is 0 Å². The van der Waals surface area contributed by atoms with E-state index in [0.717, 1.165) is 0 Å².